The van der Waals surface area contributed by atoms with E-state index in [-0.39, 0.29) is 12.5 Å². The summed E-state index contributed by atoms with van der Waals surface area (Å²) in [5.41, 5.74) is 6.42. The molecular weight excluding hydrogens is 253 g/mol. The largest absolute Gasteiger partial charge is 0.398 e. The maximum atomic E-state index is 8.89. The highest BCUT2D eigenvalue weighted by molar-refractivity contribution is 7.99. The van der Waals surface area contributed by atoms with Crippen molar-refractivity contribution in [2.45, 2.75) is 11.8 Å². The normalized spacial score (nSPS) is 12.8. The van der Waals surface area contributed by atoms with Gasteiger partial charge in [-0.1, -0.05) is 30.1 Å². The van der Waals surface area contributed by atoms with E-state index in [2.05, 4.69) is 0 Å². The smallest absolute Gasteiger partial charge is 0.0613 e. The molecule has 1 atom stereocenters. The fourth-order valence-corrected chi connectivity index (χ4v) is 2.35. The summed E-state index contributed by atoms with van der Waals surface area (Å²) in [5.74, 6) is 1.04. The monoisotopic (exact) mass is 265 g/mol. The number of aliphatic hydroxyl groups is 1. The second-order valence-electron chi connectivity index (χ2n) is 3.40. The van der Waals surface area contributed by atoms with Crippen molar-refractivity contribution < 1.29 is 5.11 Å². The lowest BCUT2D eigenvalue weighted by Gasteiger charge is -2.10. The van der Waals surface area contributed by atoms with Crippen molar-refractivity contribution in [1.29, 1.82) is 0 Å². The molecule has 1 aromatic rings. The molecule has 0 saturated heterocycles. The summed E-state index contributed by atoms with van der Waals surface area (Å²) in [6.45, 7) is 2.15. The highest BCUT2D eigenvalue weighted by Gasteiger charge is 2.07. The van der Waals surface area contributed by atoms with Crippen molar-refractivity contribution in [1.82, 2.24) is 0 Å². The molecule has 0 spiro atoms. The van der Waals surface area contributed by atoms with Crippen LogP contribution in [0.2, 0.25) is 10.0 Å². The van der Waals surface area contributed by atoms with Gasteiger partial charge < -0.3 is 10.8 Å². The number of anilines is 1. The van der Waals surface area contributed by atoms with Crippen LogP contribution in [-0.2, 0) is 0 Å². The van der Waals surface area contributed by atoms with E-state index in [1.807, 2.05) is 6.92 Å². The zero-order valence-electron chi connectivity index (χ0n) is 8.34. The minimum absolute atomic E-state index is 0.175. The van der Waals surface area contributed by atoms with Crippen LogP contribution in [0.4, 0.5) is 5.69 Å². The van der Waals surface area contributed by atoms with Gasteiger partial charge >= 0.3 is 0 Å². The van der Waals surface area contributed by atoms with Crippen molar-refractivity contribution in [3.05, 3.63) is 22.2 Å². The summed E-state index contributed by atoms with van der Waals surface area (Å²) in [4.78, 5) is 0.907. The first-order valence-electron chi connectivity index (χ1n) is 4.52. The van der Waals surface area contributed by atoms with Gasteiger partial charge in [-0.2, -0.15) is 0 Å². The summed E-state index contributed by atoms with van der Waals surface area (Å²) < 4.78 is 0. The molecular formula is C10H13Cl2NOS. The molecule has 0 aromatic heterocycles. The van der Waals surface area contributed by atoms with Gasteiger partial charge in [-0.05, 0) is 18.1 Å². The van der Waals surface area contributed by atoms with Crippen molar-refractivity contribution in [2.75, 3.05) is 18.1 Å². The number of rotatable bonds is 4. The van der Waals surface area contributed by atoms with E-state index in [4.69, 9.17) is 34.0 Å². The van der Waals surface area contributed by atoms with Crippen molar-refractivity contribution >= 4 is 40.7 Å². The molecule has 0 fully saturated rings. The number of aliphatic hydroxyl groups excluding tert-OH is 1. The predicted molar refractivity (Wildman–Crippen MR) is 67.8 cm³/mol. The number of nitrogens with two attached hydrogens (primary N) is 1. The molecule has 1 rings (SSSR count). The number of hydrogen-bond donors (Lipinski definition) is 2. The molecule has 0 radical (unpaired) electrons. The van der Waals surface area contributed by atoms with E-state index in [0.717, 1.165) is 10.6 Å². The van der Waals surface area contributed by atoms with Crippen LogP contribution >= 0.6 is 35.0 Å². The third-order valence-electron chi connectivity index (χ3n) is 1.89. The van der Waals surface area contributed by atoms with Gasteiger partial charge in [-0.15, -0.1) is 11.8 Å². The first-order valence-corrected chi connectivity index (χ1v) is 6.27. The van der Waals surface area contributed by atoms with Gasteiger partial charge in [0.25, 0.3) is 0 Å². The molecule has 0 aliphatic rings. The SMILES string of the molecule is CC(CO)CSc1cc(Cl)c(Cl)cc1N. The van der Waals surface area contributed by atoms with Crippen molar-refractivity contribution in [2.24, 2.45) is 5.92 Å². The van der Waals surface area contributed by atoms with E-state index in [9.17, 15) is 0 Å². The van der Waals surface area contributed by atoms with Gasteiger partial charge in [0.05, 0.1) is 10.0 Å². The second-order valence-corrected chi connectivity index (χ2v) is 5.28. The standard InChI is InChI=1S/C10H13Cl2NOS/c1-6(4-14)5-15-10-3-8(12)7(11)2-9(10)13/h2-3,6,14H,4-5,13H2,1H3. The first kappa shape index (κ1) is 13.0. The molecule has 0 saturated carbocycles. The fraction of sp³-hybridized carbons (Fsp3) is 0.400. The molecule has 0 aliphatic heterocycles. The average Bonchev–Trinajstić information content (AvgIpc) is 2.21. The number of benzene rings is 1. The topological polar surface area (TPSA) is 46.2 Å². The zero-order valence-corrected chi connectivity index (χ0v) is 10.7. The molecule has 2 nitrogen and oxygen atoms in total. The molecule has 15 heavy (non-hydrogen) atoms. The molecule has 0 bridgehead atoms. The van der Waals surface area contributed by atoms with Gasteiger partial charge in [-0.3, -0.25) is 0 Å². The van der Waals surface area contributed by atoms with Gasteiger partial charge in [0, 0.05) is 22.9 Å². The van der Waals surface area contributed by atoms with Crippen LogP contribution in [0, 0.1) is 5.92 Å². The number of hydrogen-bond acceptors (Lipinski definition) is 3. The van der Waals surface area contributed by atoms with Crippen LogP contribution in [0.3, 0.4) is 0 Å². The zero-order chi connectivity index (χ0) is 11.4. The maximum absolute atomic E-state index is 8.89. The number of halogens is 2. The summed E-state index contributed by atoms with van der Waals surface area (Å²) in [5, 5.41) is 9.86. The Bertz CT molecular complexity index is 346. The van der Waals surface area contributed by atoms with Crippen molar-refractivity contribution in [3.8, 4) is 0 Å². The Morgan fingerprint density at radius 2 is 2.00 bits per heavy atom. The van der Waals surface area contributed by atoms with Crippen LogP contribution in [0.1, 0.15) is 6.92 Å². The van der Waals surface area contributed by atoms with E-state index in [0.29, 0.717) is 15.7 Å². The lowest BCUT2D eigenvalue weighted by molar-refractivity contribution is 0.250. The highest BCUT2D eigenvalue weighted by Crippen LogP contribution is 2.34. The van der Waals surface area contributed by atoms with Crippen LogP contribution in [0.5, 0.6) is 0 Å². The third kappa shape index (κ3) is 3.76. The van der Waals surface area contributed by atoms with Crippen LogP contribution in [-0.4, -0.2) is 17.5 Å². The average molecular weight is 266 g/mol. The Hall–Kier alpha value is -0.0900. The molecule has 84 valence electrons. The van der Waals surface area contributed by atoms with Gasteiger partial charge in [0.2, 0.25) is 0 Å². The molecule has 0 aliphatic carbocycles. The Labute approximate surface area is 104 Å². The molecule has 3 N–H and O–H groups in total. The summed E-state index contributed by atoms with van der Waals surface area (Å²) >= 11 is 13.3. The van der Waals surface area contributed by atoms with E-state index >= 15 is 0 Å². The fourth-order valence-electron chi connectivity index (χ4n) is 0.954. The van der Waals surface area contributed by atoms with Crippen molar-refractivity contribution in [3.63, 3.8) is 0 Å². The summed E-state index contributed by atoms with van der Waals surface area (Å²) in [6.07, 6.45) is 0. The Balaban J connectivity index is 2.73. The molecule has 1 aromatic carbocycles. The predicted octanol–water partition coefficient (Wildman–Crippen LogP) is 3.30. The molecule has 1 unspecified atom stereocenters. The van der Waals surface area contributed by atoms with E-state index in [1.165, 1.54) is 0 Å². The van der Waals surface area contributed by atoms with Crippen LogP contribution in [0.15, 0.2) is 17.0 Å². The van der Waals surface area contributed by atoms with Crippen LogP contribution < -0.4 is 5.73 Å². The Kier molecular flexibility index (Phi) is 5.06. The van der Waals surface area contributed by atoms with E-state index in [1.54, 1.807) is 23.9 Å². The number of thioether (sulfide) groups is 1. The van der Waals surface area contributed by atoms with E-state index < -0.39 is 0 Å². The second kappa shape index (κ2) is 5.85. The Morgan fingerprint density at radius 3 is 2.60 bits per heavy atom. The minimum atomic E-state index is 0.175. The maximum Gasteiger partial charge on any atom is 0.0613 e. The molecule has 0 heterocycles. The quantitative estimate of drug-likeness (QED) is 0.649. The molecule has 0 amide bonds. The van der Waals surface area contributed by atoms with Gasteiger partial charge in [0.1, 0.15) is 0 Å². The third-order valence-corrected chi connectivity index (χ3v) is 4.01. The van der Waals surface area contributed by atoms with Gasteiger partial charge in [-0.25, -0.2) is 0 Å². The Morgan fingerprint density at radius 1 is 1.40 bits per heavy atom. The summed E-state index contributed by atoms with van der Waals surface area (Å²) in [6, 6.07) is 3.41. The first-order chi connectivity index (χ1) is 7.04. The van der Waals surface area contributed by atoms with Gasteiger partial charge in [0.15, 0.2) is 0 Å². The van der Waals surface area contributed by atoms with Crippen LogP contribution in [0.25, 0.3) is 0 Å². The lowest BCUT2D eigenvalue weighted by Crippen LogP contribution is -2.03. The highest BCUT2D eigenvalue weighted by atomic mass is 35.5. The number of nitrogen functional groups attached to an aromatic ring is 1. The minimum Gasteiger partial charge on any atom is -0.398 e. The molecule has 5 heteroatoms. The lowest BCUT2D eigenvalue weighted by atomic mass is 10.2. The summed E-state index contributed by atoms with van der Waals surface area (Å²) in [7, 11) is 0.